The molecule has 0 spiro atoms. The molecule has 0 aliphatic heterocycles. The number of hydrogen-bond acceptors (Lipinski definition) is 7. The lowest BCUT2D eigenvalue weighted by Gasteiger charge is -2.10. The third kappa shape index (κ3) is 4.11. The molecule has 0 fully saturated rings. The molecule has 1 amide bonds. The first-order chi connectivity index (χ1) is 14.1. The van der Waals surface area contributed by atoms with Crippen LogP contribution < -0.4 is 10.1 Å². The molecule has 4 aromatic rings. The molecule has 0 aliphatic carbocycles. The topological polar surface area (TPSA) is 107 Å². The Labute approximate surface area is 165 Å². The fourth-order valence-corrected chi connectivity index (χ4v) is 2.72. The standard InChI is InChI=1S/C21H16N4O4/c1-13(26)15-6-4-14(5-7-15)12-23-20(27)17-3-2-10-22-21(17)28-16-8-9-18-19(11-16)25-29-24-18/h2-11H,12H2,1H3,(H,23,27). The first-order valence-corrected chi connectivity index (χ1v) is 8.83. The van der Waals surface area contributed by atoms with Crippen molar-refractivity contribution in [2.75, 3.05) is 0 Å². The number of hydrogen-bond donors (Lipinski definition) is 1. The molecular weight excluding hydrogens is 372 g/mol. The zero-order valence-electron chi connectivity index (χ0n) is 15.5. The van der Waals surface area contributed by atoms with Gasteiger partial charge in [-0.1, -0.05) is 24.3 Å². The molecular formula is C21H16N4O4. The lowest BCUT2D eigenvalue weighted by atomic mass is 10.1. The minimum atomic E-state index is -0.326. The van der Waals surface area contributed by atoms with Crippen LogP contribution in [0, 0.1) is 0 Å². The van der Waals surface area contributed by atoms with Crippen LogP contribution in [0.5, 0.6) is 11.6 Å². The SMILES string of the molecule is CC(=O)c1ccc(CNC(=O)c2cccnc2Oc2ccc3nonc3c2)cc1. The third-order valence-electron chi connectivity index (χ3n) is 4.27. The van der Waals surface area contributed by atoms with Crippen molar-refractivity contribution in [1.29, 1.82) is 0 Å². The van der Waals surface area contributed by atoms with Crippen molar-refractivity contribution in [1.82, 2.24) is 20.6 Å². The van der Waals surface area contributed by atoms with E-state index in [4.69, 9.17) is 4.74 Å². The summed E-state index contributed by atoms with van der Waals surface area (Å²) in [5, 5.41) is 10.3. The maximum Gasteiger partial charge on any atom is 0.257 e. The lowest BCUT2D eigenvalue weighted by Crippen LogP contribution is -2.23. The molecule has 29 heavy (non-hydrogen) atoms. The highest BCUT2D eigenvalue weighted by Crippen LogP contribution is 2.25. The number of amides is 1. The molecule has 1 N–H and O–H groups in total. The van der Waals surface area contributed by atoms with Gasteiger partial charge in [0.05, 0.1) is 0 Å². The van der Waals surface area contributed by atoms with Crippen molar-refractivity contribution >= 4 is 22.7 Å². The second-order valence-corrected chi connectivity index (χ2v) is 6.31. The van der Waals surface area contributed by atoms with Crippen molar-refractivity contribution in [2.24, 2.45) is 0 Å². The highest BCUT2D eigenvalue weighted by molar-refractivity contribution is 5.96. The Bertz CT molecular complexity index is 1180. The van der Waals surface area contributed by atoms with E-state index in [1.807, 2.05) is 0 Å². The number of Topliss-reactive ketones (excluding diaryl/α,β-unsaturated/α-hetero) is 1. The smallest absolute Gasteiger partial charge is 0.257 e. The summed E-state index contributed by atoms with van der Waals surface area (Å²) in [4.78, 5) is 28.2. The van der Waals surface area contributed by atoms with Crippen LogP contribution in [0.1, 0.15) is 33.2 Å². The zero-order chi connectivity index (χ0) is 20.2. The Morgan fingerprint density at radius 2 is 1.83 bits per heavy atom. The molecule has 0 aliphatic rings. The zero-order valence-corrected chi connectivity index (χ0v) is 15.5. The molecule has 144 valence electrons. The largest absolute Gasteiger partial charge is 0.438 e. The Balaban J connectivity index is 1.48. The van der Waals surface area contributed by atoms with Gasteiger partial charge in [0.25, 0.3) is 5.91 Å². The van der Waals surface area contributed by atoms with Gasteiger partial charge in [-0.15, -0.1) is 0 Å². The average Bonchev–Trinajstić information content (AvgIpc) is 3.20. The summed E-state index contributed by atoms with van der Waals surface area (Å²) >= 11 is 0. The molecule has 0 bridgehead atoms. The number of carbonyl (C=O) groups excluding carboxylic acids is 2. The van der Waals surface area contributed by atoms with Gasteiger partial charge in [-0.2, -0.15) is 0 Å². The molecule has 2 heterocycles. The summed E-state index contributed by atoms with van der Waals surface area (Å²) in [5.41, 5.74) is 2.94. The van der Waals surface area contributed by atoms with Gasteiger partial charge in [0.15, 0.2) is 5.78 Å². The monoisotopic (exact) mass is 388 g/mol. The van der Waals surface area contributed by atoms with Crippen LogP contribution in [0.15, 0.2) is 65.4 Å². The van der Waals surface area contributed by atoms with Crippen molar-refractivity contribution in [3.63, 3.8) is 0 Å². The summed E-state index contributed by atoms with van der Waals surface area (Å²) in [6.45, 7) is 1.82. The average molecular weight is 388 g/mol. The van der Waals surface area contributed by atoms with Gasteiger partial charge in [-0.05, 0) is 47.1 Å². The molecule has 4 rings (SSSR count). The Hall–Kier alpha value is -4.07. The van der Waals surface area contributed by atoms with Crippen molar-refractivity contribution < 1.29 is 19.0 Å². The predicted octanol–water partition coefficient (Wildman–Crippen LogP) is 3.54. The number of nitrogens with zero attached hydrogens (tertiary/aromatic N) is 3. The van der Waals surface area contributed by atoms with Gasteiger partial charge in [-0.3, -0.25) is 9.59 Å². The molecule has 8 nitrogen and oxygen atoms in total. The fraction of sp³-hybridized carbons (Fsp3) is 0.0952. The number of rotatable bonds is 6. The van der Waals surface area contributed by atoms with Crippen molar-refractivity contribution in [3.05, 3.63) is 77.5 Å². The van der Waals surface area contributed by atoms with Crippen LogP contribution in [-0.2, 0) is 6.54 Å². The maximum atomic E-state index is 12.7. The van der Waals surface area contributed by atoms with Crippen LogP contribution in [0.25, 0.3) is 11.0 Å². The normalized spacial score (nSPS) is 10.7. The van der Waals surface area contributed by atoms with E-state index in [0.29, 0.717) is 34.5 Å². The van der Waals surface area contributed by atoms with Gasteiger partial charge >= 0.3 is 0 Å². The lowest BCUT2D eigenvalue weighted by molar-refractivity contribution is 0.0946. The van der Waals surface area contributed by atoms with Gasteiger partial charge in [0.2, 0.25) is 5.88 Å². The maximum absolute atomic E-state index is 12.7. The fourth-order valence-electron chi connectivity index (χ4n) is 2.72. The van der Waals surface area contributed by atoms with E-state index in [9.17, 15) is 9.59 Å². The first-order valence-electron chi connectivity index (χ1n) is 8.83. The summed E-state index contributed by atoms with van der Waals surface area (Å²) in [7, 11) is 0. The van der Waals surface area contributed by atoms with Crippen LogP contribution >= 0.6 is 0 Å². The van der Waals surface area contributed by atoms with Crippen molar-refractivity contribution in [2.45, 2.75) is 13.5 Å². The number of fused-ring (bicyclic) bond motifs is 1. The van der Waals surface area contributed by atoms with E-state index in [1.54, 1.807) is 60.8 Å². The van der Waals surface area contributed by atoms with Crippen LogP contribution in [-0.4, -0.2) is 27.0 Å². The predicted molar refractivity (Wildman–Crippen MR) is 104 cm³/mol. The van der Waals surface area contributed by atoms with Crippen LogP contribution in [0.4, 0.5) is 0 Å². The molecule has 0 radical (unpaired) electrons. The number of aromatic nitrogens is 3. The van der Waals surface area contributed by atoms with E-state index in [0.717, 1.165) is 5.56 Å². The Morgan fingerprint density at radius 3 is 2.62 bits per heavy atom. The first kappa shape index (κ1) is 18.3. The van der Waals surface area contributed by atoms with Crippen molar-refractivity contribution in [3.8, 4) is 11.6 Å². The second kappa shape index (κ2) is 7.89. The Morgan fingerprint density at radius 1 is 1.03 bits per heavy atom. The van der Waals surface area contributed by atoms with Gasteiger partial charge in [0, 0.05) is 24.4 Å². The van der Waals surface area contributed by atoms with E-state index in [1.165, 1.54) is 6.92 Å². The molecule has 8 heteroatoms. The number of pyridine rings is 1. The molecule has 2 aromatic carbocycles. The summed E-state index contributed by atoms with van der Waals surface area (Å²) < 4.78 is 10.5. The van der Waals surface area contributed by atoms with E-state index < -0.39 is 0 Å². The highest BCUT2D eigenvalue weighted by atomic mass is 16.6. The minimum absolute atomic E-state index is 0.00248. The van der Waals surface area contributed by atoms with Gasteiger partial charge in [-0.25, -0.2) is 9.61 Å². The van der Waals surface area contributed by atoms with Crippen LogP contribution in [0.2, 0.25) is 0 Å². The molecule has 0 unspecified atom stereocenters. The van der Waals surface area contributed by atoms with E-state index >= 15 is 0 Å². The quantitative estimate of drug-likeness (QED) is 0.503. The van der Waals surface area contributed by atoms with Gasteiger partial charge in [0.1, 0.15) is 22.3 Å². The molecule has 0 atom stereocenters. The molecule has 0 saturated heterocycles. The number of ketones is 1. The molecule has 0 saturated carbocycles. The number of ether oxygens (including phenoxy) is 1. The van der Waals surface area contributed by atoms with E-state index in [2.05, 4.69) is 25.2 Å². The summed E-state index contributed by atoms with van der Waals surface area (Å²) in [6, 6.07) is 15.4. The second-order valence-electron chi connectivity index (χ2n) is 6.31. The summed E-state index contributed by atoms with van der Waals surface area (Å²) in [5.74, 6) is 0.304. The number of nitrogens with one attached hydrogen (secondary N) is 1. The number of benzene rings is 2. The van der Waals surface area contributed by atoms with Crippen LogP contribution in [0.3, 0.4) is 0 Å². The highest BCUT2D eigenvalue weighted by Gasteiger charge is 2.15. The van der Waals surface area contributed by atoms with E-state index in [-0.39, 0.29) is 17.6 Å². The third-order valence-corrected chi connectivity index (χ3v) is 4.27. The van der Waals surface area contributed by atoms with Gasteiger partial charge < -0.3 is 10.1 Å². The Kier molecular flexibility index (Phi) is 4.98. The summed E-state index contributed by atoms with van der Waals surface area (Å²) in [6.07, 6.45) is 1.54. The molecule has 2 aromatic heterocycles. The number of carbonyl (C=O) groups is 2. The minimum Gasteiger partial charge on any atom is -0.438 e.